The zero-order valence-electron chi connectivity index (χ0n) is 12.0. The third-order valence-corrected chi connectivity index (χ3v) is 3.78. The summed E-state index contributed by atoms with van der Waals surface area (Å²) in [5.74, 6) is 0. The summed E-state index contributed by atoms with van der Waals surface area (Å²) in [7, 11) is 4.11. The largest absolute Gasteiger partial charge is 0.378 e. The smallest absolute Gasteiger partial charge is 0.0950 e. The third-order valence-electron chi connectivity index (χ3n) is 3.78. The lowest BCUT2D eigenvalue weighted by atomic mass is 10.2. The SMILES string of the molecule is CC(C#N)N1CCN(c2ccc(N(C)C)cc2)CC1. The maximum atomic E-state index is 8.94. The van der Waals surface area contributed by atoms with E-state index in [4.69, 9.17) is 5.26 Å². The Morgan fingerprint density at radius 1 is 1.11 bits per heavy atom. The van der Waals surface area contributed by atoms with Crippen molar-refractivity contribution in [2.45, 2.75) is 13.0 Å². The molecule has 0 amide bonds. The number of piperazine rings is 1. The molecule has 1 aliphatic rings. The lowest BCUT2D eigenvalue weighted by Gasteiger charge is -2.37. The minimum atomic E-state index is 0.0262. The van der Waals surface area contributed by atoms with Gasteiger partial charge in [0.2, 0.25) is 0 Å². The Balaban J connectivity index is 1.96. The van der Waals surface area contributed by atoms with E-state index >= 15 is 0 Å². The fraction of sp³-hybridized carbons (Fsp3) is 0.533. The van der Waals surface area contributed by atoms with Crippen molar-refractivity contribution in [1.29, 1.82) is 5.26 Å². The van der Waals surface area contributed by atoms with E-state index in [9.17, 15) is 0 Å². The van der Waals surface area contributed by atoms with E-state index in [2.05, 4.69) is 59.1 Å². The Hall–Kier alpha value is -1.73. The lowest BCUT2D eigenvalue weighted by Crippen LogP contribution is -2.49. The fourth-order valence-corrected chi connectivity index (χ4v) is 2.41. The zero-order chi connectivity index (χ0) is 13.8. The van der Waals surface area contributed by atoms with Gasteiger partial charge in [0.05, 0.1) is 12.1 Å². The summed E-state index contributed by atoms with van der Waals surface area (Å²) in [4.78, 5) is 6.74. The summed E-state index contributed by atoms with van der Waals surface area (Å²) < 4.78 is 0. The van der Waals surface area contributed by atoms with Crippen LogP contribution >= 0.6 is 0 Å². The van der Waals surface area contributed by atoms with Gasteiger partial charge in [-0.3, -0.25) is 4.90 Å². The summed E-state index contributed by atoms with van der Waals surface area (Å²) in [5.41, 5.74) is 2.50. The van der Waals surface area contributed by atoms with Crippen molar-refractivity contribution in [3.05, 3.63) is 24.3 Å². The van der Waals surface area contributed by atoms with Crippen LogP contribution in [0.4, 0.5) is 11.4 Å². The fourth-order valence-electron chi connectivity index (χ4n) is 2.41. The van der Waals surface area contributed by atoms with Crippen molar-refractivity contribution in [3.63, 3.8) is 0 Å². The minimum absolute atomic E-state index is 0.0262. The van der Waals surface area contributed by atoms with E-state index in [-0.39, 0.29) is 6.04 Å². The van der Waals surface area contributed by atoms with Gasteiger partial charge < -0.3 is 9.80 Å². The first-order valence-electron chi connectivity index (χ1n) is 6.78. The number of nitriles is 1. The van der Waals surface area contributed by atoms with Gasteiger partial charge >= 0.3 is 0 Å². The highest BCUT2D eigenvalue weighted by Gasteiger charge is 2.20. The topological polar surface area (TPSA) is 33.5 Å². The Morgan fingerprint density at radius 3 is 2.16 bits per heavy atom. The molecule has 0 N–H and O–H groups in total. The molecule has 1 saturated heterocycles. The molecule has 2 rings (SSSR count). The Kier molecular flexibility index (Phi) is 4.28. The maximum absolute atomic E-state index is 8.94. The molecule has 0 aliphatic carbocycles. The van der Waals surface area contributed by atoms with Gasteiger partial charge in [0, 0.05) is 51.6 Å². The number of benzene rings is 1. The molecule has 1 aliphatic heterocycles. The van der Waals surface area contributed by atoms with Crippen molar-refractivity contribution in [3.8, 4) is 6.07 Å². The average molecular weight is 258 g/mol. The van der Waals surface area contributed by atoms with E-state index in [0.717, 1.165) is 26.2 Å². The Labute approximate surface area is 115 Å². The van der Waals surface area contributed by atoms with E-state index in [1.54, 1.807) is 0 Å². The highest BCUT2D eigenvalue weighted by molar-refractivity contribution is 5.56. The summed E-state index contributed by atoms with van der Waals surface area (Å²) in [6, 6.07) is 11.0. The van der Waals surface area contributed by atoms with Crippen molar-refractivity contribution >= 4 is 11.4 Å². The molecule has 1 aromatic rings. The molecule has 102 valence electrons. The summed E-state index contributed by atoms with van der Waals surface area (Å²) in [6.07, 6.45) is 0. The van der Waals surface area contributed by atoms with E-state index in [0.29, 0.717) is 0 Å². The summed E-state index contributed by atoms with van der Waals surface area (Å²) in [5, 5.41) is 8.94. The van der Waals surface area contributed by atoms with Crippen molar-refractivity contribution in [2.24, 2.45) is 0 Å². The van der Waals surface area contributed by atoms with E-state index < -0.39 is 0 Å². The number of rotatable bonds is 3. The molecule has 1 unspecified atom stereocenters. The predicted molar refractivity (Wildman–Crippen MR) is 79.6 cm³/mol. The first-order valence-corrected chi connectivity index (χ1v) is 6.78. The zero-order valence-corrected chi connectivity index (χ0v) is 12.0. The predicted octanol–water partition coefficient (Wildman–Crippen LogP) is 1.79. The summed E-state index contributed by atoms with van der Waals surface area (Å²) >= 11 is 0. The molecular weight excluding hydrogens is 236 g/mol. The number of anilines is 2. The Bertz CT molecular complexity index is 438. The monoisotopic (exact) mass is 258 g/mol. The van der Waals surface area contributed by atoms with Gasteiger partial charge in [-0.05, 0) is 31.2 Å². The molecule has 4 heteroatoms. The van der Waals surface area contributed by atoms with Gasteiger partial charge in [-0.15, -0.1) is 0 Å². The highest BCUT2D eigenvalue weighted by Crippen LogP contribution is 2.21. The molecule has 1 atom stereocenters. The van der Waals surface area contributed by atoms with Crippen LogP contribution in [0.25, 0.3) is 0 Å². The minimum Gasteiger partial charge on any atom is -0.378 e. The van der Waals surface area contributed by atoms with Crippen LogP contribution in [0.2, 0.25) is 0 Å². The van der Waals surface area contributed by atoms with Gasteiger partial charge in [0.25, 0.3) is 0 Å². The quantitative estimate of drug-likeness (QED) is 0.827. The van der Waals surface area contributed by atoms with Crippen LogP contribution in [-0.2, 0) is 0 Å². The molecule has 19 heavy (non-hydrogen) atoms. The van der Waals surface area contributed by atoms with E-state index in [1.807, 2.05) is 6.92 Å². The van der Waals surface area contributed by atoms with Crippen LogP contribution in [0.1, 0.15) is 6.92 Å². The Morgan fingerprint density at radius 2 is 1.68 bits per heavy atom. The second-order valence-corrected chi connectivity index (χ2v) is 5.24. The maximum Gasteiger partial charge on any atom is 0.0950 e. The van der Waals surface area contributed by atoms with Gasteiger partial charge in [0.1, 0.15) is 0 Å². The third kappa shape index (κ3) is 3.18. The second kappa shape index (κ2) is 5.94. The van der Waals surface area contributed by atoms with Crippen LogP contribution in [0.5, 0.6) is 0 Å². The molecule has 0 spiro atoms. The molecule has 0 aromatic heterocycles. The van der Waals surface area contributed by atoms with Gasteiger partial charge in [-0.25, -0.2) is 0 Å². The molecule has 0 radical (unpaired) electrons. The van der Waals surface area contributed by atoms with Crippen LogP contribution in [-0.4, -0.2) is 51.2 Å². The summed E-state index contributed by atoms with van der Waals surface area (Å²) in [6.45, 7) is 5.89. The van der Waals surface area contributed by atoms with Crippen molar-refractivity contribution in [2.75, 3.05) is 50.1 Å². The van der Waals surface area contributed by atoms with Gasteiger partial charge in [0.15, 0.2) is 0 Å². The second-order valence-electron chi connectivity index (χ2n) is 5.24. The normalized spacial score (nSPS) is 17.9. The van der Waals surface area contributed by atoms with Crippen molar-refractivity contribution < 1.29 is 0 Å². The number of hydrogen-bond donors (Lipinski definition) is 0. The van der Waals surface area contributed by atoms with Crippen LogP contribution in [0.3, 0.4) is 0 Å². The number of hydrogen-bond acceptors (Lipinski definition) is 4. The van der Waals surface area contributed by atoms with E-state index in [1.165, 1.54) is 11.4 Å². The molecular formula is C15H22N4. The van der Waals surface area contributed by atoms with Gasteiger partial charge in [-0.2, -0.15) is 5.26 Å². The first-order chi connectivity index (χ1) is 9.11. The van der Waals surface area contributed by atoms with Gasteiger partial charge in [-0.1, -0.05) is 0 Å². The standard InChI is InChI=1S/C15H22N4/c1-13(12-16)18-8-10-19(11-9-18)15-6-4-14(5-7-15)17(2)3/h4-7,13H,8-11H2,1-3H3. The lowest BCUT2D eigenvalue weighted by molar-refractivity contribution is 0.231. The highest BCUT2D eigenvalue weighted by atomic mass is 15.3. The molecule has 4 nitrogen and oxygen atoms in total. The molecule has 1 heterocycles. The first kappa shape index (κ1) is 13.7. The van der Waals surface area contributed by atoms with Crippen LogP contribution in [0, 0.1) is 11.3 Å². The average Bonchev–Trinajstić information content (AvgIpc) is 2.46. The van der Waals surface area contributed by atoms with Crippen LogP contribution in [0.15, 0.2) is 24.3 Å². The molecule has 0 saturated carbocycles. The molecule has 1 aromatic carbocycles. The molecule has 0 bridgehead atoms. The molecule has 1 fully saturated rings. The number of nitrogens with zero attached hydrogens (tertiary/aromatic N) is 4. The van der Waals surface area contributed by atoms with Crippen LogP contribution < -0.4 is 9.80 Å². The van der Waals surface area contributed by atoms with Crippen molar-refractivity contribution in [1.82, 2.24) is 4.90 Å².